The molecule has 1 aliphatic rings. The lowest BCUT2D eigenvalue weighted by Crippen LogP contribution is -2.59. The van der Waals surface area contributed by atoms with E-state index in [-0.39, 0.29) is 24.3 Å². The molecular formula is C33H40N6O7. The molecule has 244 valence electrons. The molecule has 7 N–H and O–H groups in total. The molecule has 2 unspecified atom stereocenters. The zero-order valence-corrected chi connectivity index (χ0v) is 25.8. The van der Waals surface area contributed by atoms with Crippen molar-refractivity contribution >= 4 is 40.5 Å². The molecule has 0 saturated carbocycles. The van der Waals surface area contributed by atoms with Crippen LogP contribution in [0.5, 0.6) is 0 Å². The third kappa shape index (κ3) is 9.56. The Kier molecular flexibility index (Phi) is 11.8. The quantitative estimate of drug-likeness (QED) is 0.117. The van der Waals surface area contributed by atoms with Crippen molar-refractivity contribution in [1.29, 1.82) is 0 Å². The van der Waals surface area contributed by atoms with Gasteiger partial charge in [0, 0.05) is 5.39 Å². The van der Waals surface area contributed by atoms with Gasteiger partial charge in [-0.25, -0.2) is 9.78 Å². The number of epoxide rings is 1. The lowest BCUT2D eigenvalue weighted by atomic mass is 9.96. The van der Waals surface area contributed by atoms with Gasteiger partial charge in [0.05, 0.1) is 43.3 Å². The molecule has 0 spiro atoms. The van der Waals surface area contributed by atoms with Crippen LogP contribution in [0.15, 0.2) is 66.7 Å². The number of carboxylic acid groups (broad SMARTS) is 1. The van der Waals surface area contributed by atoms with Crippen molar-refractivity contribution in [2.24, 2.45) is 11.7 Å². The first-order valence-corrected chi connectivity index (χ1v) is 15.2. The number of hydrogen-bond donors (Lipinski definition) is 6. The third-order valence-electron chi connectivity index (χ3n) is 7.97. The highest BCUT2D eigenvalue weighted by Crippen LogP contribution is 2.20. The number of carbonyl (C=O) groups excluding carboxylic acids is 4. The highest BCUT2D eigenvalue weighted by Gasteiger charge is 2.40. The number of pyridine rings is 1. The van der Waals surface area contributed by atoms with Crippen molar-refractivity contribution in [3.63, 3.8) is 0 Å². The summed E-state index contributed by atoms with van der Waals surface area (Å²) in [6, 6.07) is 16.3. The molecule has 4 rings (SSSR count). The fraction of sp³-hybridized carbons (Fsp3) is 0.394. The maximum absolute atomic E-state index is 13.7. The van der Waals surface area contributed by atoms with Gasteiger partial charge < -0.3 is 36.8 Å². The lowest BCUT2D eigenvalue weighted by molar-refractivity contribution is -0.143. The predicted octanol–water partition coefficient (Wildman–Crippen LogP) is 0.909. The number of ether oxygens (including phenoxy) is 1. The van der Waals surface area contributed by atoms with Gasteiger partial charge in [-0.15, -0.1) is 0 Å². The van der Waals surface area contributed by atoms with Gasteiger partial charge in [0.1, 0.15) is 17.8 Å². The van der Waals surface area contributed by atoms with Crippen LogP contribution in [-0.2, 0) is 30.3 Å². The summed E-state index contributed by atoms with van der Waals surface area (Å²) in [6.07, 6.45) is 0.0712. The van der Waals surface area contributed by atoms with Crippen molar-refractivity contribution < 1.29 is 33.8 Å². The first kappa shape index (κ1) is 34.0. The molecule has 0 aliphatic carbocycles. The van der Waals surface area contributed by atoms with Crippen LogP contribution in [0.25, 0.3) is 10.9 Å². The number of nitrogens with two attached hydrogens (primary N) is 1. The molecule has 6 atom stereocenters. The second-order valence-electron chi connectivity index (χ2n) is 11.4. The fourth-order valence-electron chi connectivity index (χ4n) is 5.17. The largest absolute Gasteiger partial charge is 0.480 e. The summed E-state index contributed by atoms with van der Waals surface area (Å²) in [6.45, 7) is 3.73. The SMILES string of the molecule is CC[C@H](C)[C@H](NC(=O)CNC(C1CO1)[C@H](Cc1ccccc1)NC(=O)[C@H](CC(N)=O)NC(=O)c1ccc2ccccc2n1)C(=O)O. The molecule has 4 amide bonds. The number of nitrogens with one attached hydrogen (secondary N) is 4. The Morgan fingerprint density at radius 1 is 0.978 bits per heavy atom. The van der Waals surface area contributed by atoms with E-state index in [9.17, 15) is 29.1 Å². The van der Waals surface area contributed by atoms with Gasteiger partial charge in [-0.3, -0.25) is 19.2 Å². The molecular weight excluding hydrogens is 592 g/mol. The van der Waals surface area contributed by atoms with E-state index >= 15 is 0 Å². The monoisotopic (exact) mass is 632 g/mol. The number of para-hydroxylation sites is 1. The van der Waals surface area contributed by atoms with Crippen LogP contribution in [0.3, 0.4) is 0 Å². The Balaban J connectivity index is 1.51. The van der Waals surface area contributed by atoms with E-state index in [1.165, 1.54) is 6.07 Å². The second-order valence-corrected chi connectivity index (χ2v) is 11.4. The van der Waals surface area contributed by atoms with Crippen LogP contribution in [0.2, 0.25) is 0 Å². The summed E-state index contributed by atoms with van der Waals surface area (Å²) in [5.74, 6) is -4.04. The molecule has 1 aliphatic heterocycles. The molecule has 0 radical (unpaired) electrons. The minimum atomic E-state index is -1.31. The van der Waals surface area contributed by atoms with E-state index in [0.29, 0.717) is 25.0 Å². The summed E-state index contributed by atoms with van der Waals surface area (Å²) < 4.78 is 5.57. The zero-order chi connectivity index (χ0) is 33.2. The number of nitrogens with zero attached hydrogens (tertiary/aromatic N) is 1. The minimum absolute atomic E-state index is 0.0656. The van der Waals surface area contributed by atoms with Crippen LogP contribution in [-0.4, -0.2) is 83.1 Å². The highest BCUT2D eigenvalue weighted by atomic mass is 16.6. The number of benzene rings is 2. The lowest BCUT2D eigenvalue weighted by Gasteiger charge is -2.30. The number of aromatic nitrogens is 1. The van der Waals surface area contributed by atoms with Crippen LogP contribution in [0.1, 0.15) is 42.7 Å². The maximum Gasteiger partial charge on any atom is 0.326 e. The fourth-order valence-corrected chi connectivity index (χ4v) is 5.17. The van der Waals surface area contributed by atoms with Crippen LogP contribution in [0.4, 0.5) is 0 Å². The third-order valence-corrected chi connectivity index (χ3v) is 7.97. The van der Waals surface area contributed by atoms with Gasteiger partial charge in [0.2, 0.25) is 17.7 Å². The van der Waals surface area contributed by atoms with E-state index < -0.39 is 60.2 Å². The number of carbonyl (C=O) groups is 5. The number of primary amides is 1. The molecule has 46 heavy (non-hydrogen) atoms. The molecule has 1 saturated heterocycles. The van der Waals surface area contributed by atoms with Crippen LogP contribution >= 0.6 is 0 Å². The Morgan fingerprint density at radius 3 is 2.33 bits per heavy atom. The number of amides is 4. The minimum Gasteiger partial charge on any atom is -0.480 e. The van der Waals surface area contributed by atoms with Gasteiger partial charge in [0.15, 0.2) is 0 Å². The normalized spacial score (nSPS) is 17.1. The molecule has 3 aromatic rings. The smallest absolute Gasteiger partial charge is 0.326 e. The first-order valence-electron chi connectivity index (χ1n) is 15.2. The van der Waals surface area contributed by atoms with E-state index in [1.807, 2.05) is 49.4 Å². The van der Waals surface area contributed by atoms with Gasteiger partial charge in [-0.1, -0.05) is 74.9 Å². The topological polar surface area (TPSA) is 205 Å². The summed E-state index contributed by atoms with van der Waals surface area (Å²) in [5, 5.41) is 21.7. The zero-order valence-electron chi connectivity index (χ0n) is 25.8. The molecule has 1 fully saturated rings. The number of hydrogen-bond acceptors (Lipinski definition) is 8. The van der Waals surface area contributed by atoms with Gasteiger partial charge >= 0.3 is 5.97 Å². The Morgan fingerprint density at radius 2 is 1.67 bits per heavy atom. The Bertz CT molecular complexity index is 1550. The number of aliphatic carboxylic acids is 1. The summed E-state index contributed by atoms with van der Waals surface area (Å²) in [7, 11) is 0. The first-order chi connectivity index (χ1) is 22.0. The molecule has 1 aromatic heterocycles. The second kappa shape index (κ2) is 15.9. The van der Waals surface area contributed by atoms with Crippen LogP contribution in [0, 0.1) is 5.92 Å². The van der Waals surface area contributed by atoms with Crippen molar-refractivity contribution in [2.75, 3.05) is 13.2 Å². The van der Waals surface area contributed by atoms with E-state index in [0.717, 1.165) is 10.9 Å². The number of carboxylic acids is 1. The maximum atomic E-state index is 13.7. The summed E-state index contributed by atoms with van der Waals surface area (Å²) in [5.41, 5.74) is 7.00. The molecule has 0 bridgehead atoms. The predicted molar refractivity (Wildman–Crippen MR) is 169 cm³/mol. The molecule has 13 heteroatoms. The van der Waals surface area contributed by atoms with Gasteiger partial charge in [-0.2, -0.15) is 0 Å². The van der Waals surface area contributed by atoms with E-state index in [2.05, 4.69) is 26.3 Å². The van der Waals surface area contributed by atoms with Gasteiger partial charge in [0.25, 0.3) is 5.91 Å². The van der Waals surface area contributed by atoms with Crippen molar-refractivity contribution in [3.8, 4) is 0 Å². The summed E-state index contributed by atoms with van der Waals surface area (Å²) in [4.78, 5) is 67.8. The van der Waals surface area contributed by atoms with Crippen LogP contribution < -0.4 is 27.0 Å². The average molecular weight is 633 g/mol. The van der Waals surface area contributed by atoms with E-state index in [4.69, 9.17) is 10.5 Å². The number of rotatable bonds is 17. The molecule has 2 aromatic carbocycles. The van der Waals surface area contributed by atoms with Crippen molar-refractivity contribution in [3.05, 3.63) is 78.0 Å². The Hall–Kier alpha value is -4.88. The molecule has 13 nitrogen and oxygen atoms in total. The van der Waals surface area contributed by atoms with Gasteiger partial charge in [-0.05, 0) is 30.0 Å². The number of fused-ring (bicyclic) bond motifs is 1. The van der Waals surface area contributed by atoms with E-state index in [1.54, 1.807) is 25.1 Å². The van der Waals surface area contributed by atoms with Crippen molar-refractivity contribution in [2.45, 2.75) is 63.4 Å². The average Bonchev–Trinajstić information content (AvgIpc) is 3.88. The molecule has 2 heterocycles. The summed E-state index contributed by atoms with van der Waals surface area (Å²) >= 11 is 0. The highest BCUT2D eigenvalue weighted by molar-refractivity contribution is 5.99. The van der Waals surface area contributed by atoms with Crippen molar-refractivity contribution in [1.82, 2.24) is 26.3 Å². The standard InChI is InChI=1S/C33H40N6O7/c1-3-19(2)29(33(44)45)39-28(41)17-35-30(26-18-46-26)24(15-20-9-5-4-6-10-20)37-32(43)25(16-27(34)40)38-31(42)23-14-13-21-11-7-8-12-22(21)36-23/h4-14,19,24-26,29-30,35H,3,15-18H2,1-2H3,(H2,34,40)(H,37,43)(H,38,42)(H,39,41)(H,44,45)/t19-,24-,25-,26?,29-,30?/m0/s1. The Labute approximate surface area is 266 Å².